The Bertz CT molecular complexity index is 1070. The maximum atomic E-state index is 12.6. The van der Waals surface area contributed by atoms with Gasteiger partial charge in [0, 0.05) is 11.6 Å². The van der Waals surface area contributed by atoms with E-state index in [-0.39, 0.29) is 24.1 Å². The predicted molar refractivity (Wildman–Crippen MR) is 102 cm³/mol. The van der Waals surface area contributed by atoms with Crippen LogP contribution < -0.4 is 10.9 Å². The third kappa shape index (κ3) is 3.93. The first-order chi connectivity index (χ1) is 13.6. The van der Waals surface area contributed by atoms with E-state index in [1.165, 1.54) is 10.9 Å². The van der Waals surface area contributed by atoms with E-state index in [4.69, 9.17) is 4.74 Å². The fourth-order valence-corrected chi connectivity index (χ4v) is 2.93. The number of amides is 1. The first-order valence-electron chi connectivity index (χ1n) is 9.11. The number of para-hydroxylation sites is 1. The van der Waals surface area contributed by atoms with Crippen molar-refractivity contribution in [2.24, 2.45) is 0 Å². The Morgan fingerprint density at radius 1 is 1.11 bits per heavy atom. The summed E-state index contributed by atoms with van der Waals surface area (Å²) in [6, 6.07) is 15.9. The summed E-state index contributed by atoms with van der Waals surface area (Å²) in [5, 5.41) is 3.28. The summed E-state index contributed by atoms with van der Waals surface area (Å²) in [5.74, 6) is -1.04. The Hall–Kier alpha value is -3.48. The van der Waals surface area contributed by atoms with Gasteiger partial charge in [-0.05, 0) is 25.0 Å². The Balaban J connectivity index is 1.53. The van der Waals surface area contributed by atoms with Crippen LogP contribution in [-0.2, 0) is 20.9 Å². The van der Waals surface area contributed by atoms with Crippen LogP contribution in [0.1, 0.15) is 24.5 Å². The van der Waals surface area contributed by atoms with Gasteiger partial charge in [0.05, 0.1) is 17.2 Å². The highest BCUT2D eigenvalue weighted by molar-refractivity contribution is 5.85. The predicted octanol–water partition coefficient (Wildman–Crippen LogP) is 1.96. The second kappa shape index (κ2) is 7.64. The van der Waals surface area contributed by atoms with E-state index in [9.17, 15) is 14.4 Å². The van der Waals surface area contributed by atoms with Crippen molar-refractivity contribution >= 4 is 22.8 Å². The van der Waals surface area contributed by atoms with Crippen molar-refractivity contribution in [2.45, 2.75) is 31.5 Å². The van der Waals surface area contributed by atoms with Gasteiger partial charge in [0.2, 0.25) is 6.10 Å². The number of carbonyl (C=O) groups is 2. The molecule has 7 nitrogen and oxygen atoms in total. The van der Waals surface area contributed by atoms with Crippen LogP contribution in [0.2, 0.25) is 0 Å². The monoisotopic (exact) mass is 377 g/mol. The molecule has 142 valence electrons. The molecule has 28 heavy (non-hydrogen) atoms. The average Bonchev–Trinajstić information content (AvgIpc) is 3.53. The average molecular weight is 377 g/mol. The van der Waals surface area contributed by atoms with Crippen molar-refractivity contribution in [1.29, 1.82) is 0 Å². The van der Waals surface area contributed by atoms with Crippen LogP contribution >= 0.6 is 0 Å². The van der Waals surface area contributed by atoms with Crippen LogP contribution in [0.15, 0.2) is 65.7 Å². The molecule has 1 N–H and O–H groups in total. The quantitative estimate of drug-likeness (QED) is 0.663. The summed E-state index contributed by atoms with van der Waals surface area (Å²) in [5.41, 5.74) is 0.808. The summed E-state index contributed by atoms with van der Waals surface area (Å²) in [6.07, 6.45) is 2.12. The van der Waals surface area contributed by atoms with E-state index in [2.05, 4.69) is 10.3 Å². The van der Waals surface area contributed by atoms with E-state index in [1.54, 1.807) is 48.5 Å². The molecule has 1 heterocycles. The molecule has 7 heteroatoms. The van der Waals surface area contributed by atoms with Crippen molar-refractivity contribution in [2.75, 3.05) is 0 Å². The summed E-state index contributed by atoms with van der Waals surface area (Å²) < 4.78 is 6.65. The molecule has 0 aliphatic heterocycles. The zero-order valence-corrected chi connectivity index (χ0v) is 15.1. The molecule has 1 atom stereocenters. The number of aromatic nitrogens is 2. The number of carbonyl (C=O) groups excluding carboxylic acids is 2. The highest BCUT2D eigenvalue weighted by atomic mass is 16.5. The number of esters is 1. The minimum Gasteiger partial charge on any atom is -0.446 e. The molecule has 3 aromatic rings. The highest BCUT2D eigenvalue weighted by Crippen LogP contribution is 2.23. The summed E-state index contributed by atoms with van der Waals surface area (Å²) in [7, 11) is 0. The van der Waals surface area contributed by atoms with Crippen LogP contribution in [0, 0.1) is 0 Å². The van der Waals surface area contributed by atoms with Crippen LogP contribution in [0.3, 0.4) is 0 Å². The molecule has 1 fully saturated rings. The lowest BCUT2D eigenvalue weighted by Gasteiger charge is -2.18. The van der Waals surface area contributed by atoms with Gasteiger partial charge in [0.1, 0.15) is 6.54 Å². The van der Waals surface area contributed by atoms with Gasteiger partial charge in [0.25, 0.3) is 11.5 Å². The van der Waals surface area contributed by atoms with E-state index in [0.717, 1.165) is 12.8 Å². The standard InChI is InChI=1S/C21H19N3O4/c25-18(12-24-13-22-17-9-5-4-8-16(17)21(24)27)28-19(14-6-2-1-3-7-14)20(26)23-15-10-11-15/h1-9,13,15,19H,10-12H2,(H,23,26)/t19-/m1/s1. The van der Waals surface area contributed by atoms with E-state index in [1.807, 2.05) is 6.07 Å². The largest absolute Gasteiger partial charge is 0.446 e. The number of fused-ring (bicyclic) bond motifs is 1. The summed E-state index contributed by atoms with van der Waals surface area (Å²) in [4.78, 5) is 41.8. The van der Waals surface area contributed by atoms with Crippen LogP contribution in [0.4, 0.5) is 0 Å². The van der Waals surface area contributed by atoms with Gasteiger partial charge in [-0.15, -0.1) is 0 Å². The van der Waals surface area contributed by atoms with E-state index >= 15 is 0 Å². The molecule has 1 aliphatic carbocycles. The molecule has 1 aliphatic rings. The van der Waals surface area contributed by atoms with Gasteiger partial charge in [-0.1, -0.05) is 42.5 Å². The van der Waals surface area contributed by atoms with Gasteiger partial charge in [0.15, 0.2) is 0 Å². The van der Waals surface area contributed by atoms with Crippen molar-refractivity contribution in [3.63, 3.8) is 0 Å². The maximum absolute atomic E-state index is 12.6. The highest BCUT2D eigenvalue weighted by Gasteiger charge is 2.30. The minimum absolute atomic E-state index is 0.143. The molecule has 1 amide bonds. The van der Waals surface area contributed by atoms with Gasteiger partial charge < -0.3 is 10.1 Å². The molecule has 0 radical (unpaired) electrons. The molecular formula is C21H19N3O4. The number of rotatable bonds is 6. The Morgan fingerprint density at radius 2 is 1.82 bits per heavy atom. The van der Waals surface area contributed by atoms with Crippen molar-refractivity contribution < 1.29 is 14.3 Å². The van der Waals surface area contributed by atoms with E-state index < -0.39 is 12.1 Å². The molecule has 0 bridgehead atoms. The second-order valence-electron chi connectivity index (χ2n) is 6.76. The van der Waals surface area contributed by atoms with Gasteiger partial charge in [-0.25, -0.2) is 4.98 Å². The molecule has 1 saturated carbocycles. The van der Waals surface area contributed by atoms with Crippen molar-refractivity contribution in [1.82, 2.24) is 14.9 Å². The Kier molecular flexibility index (Phi) is 4.89. The first kappa shape index (κ1) is 17.9. The zero-order valence-electron chi connectivity index (χ0n) is 15.1. The molecule has 0 unspecified atom stereocenters. The number of benzene rings is 2. The molecular weight excluding hydrogens is 358 g/mol. The lowest BCUT2D eigenvalue weighted by Crippen LogP contribution is -2.35. The molecule has 2 aromatic carbocycles. The van der Waals surface area contributed by atoms with Crippen molar-refractivity contribution in [3.8, 4) is 0 Å². The minimum atomic E-state index is -1.06. The Labute approximate surface area is 161 Å². The topological polar surface area (TPSA) is 90.3 Å². The lowest BCUT2D eigenvalue weighted by molar-refractivity contribution is -0.157. The van der Waals surface area contributed by atoms with Crippen molar-refractivity contribution in [3.05, 3.63) is 76.8 Å². The number of nitrogens with one attached hydrogen (secondary N) is 1. The molecule has 0 spiro atoms. The number of hydrogen-bond acceptors (Lipinski definition) is 5. The van der Waals surface area contributed by atoms with Gasteiger partial charge in [-0.2, -0.15) is 0 Å². The number of ether oxygens (including phenoxy) is 1. The van der Waals surface area contributed by atoms with E-state index in [0.29, 0.717) is 16.5 Å². The first-order valence-corrected chi connectivity index (χ1v) is 9.11. The summed E-state index contributed by atoms with van der Waals surface area (Å²) in [6.45, 7) is -0.323. The Morgan fingerprint density at radius 3 is 2.57 bits per heavy atom. The second-order valence-corrected chi connectivity index (χ2v) is 6.76. The maximum Gasteiger partial charge on any atom is 0.327 e. The van der Waals surface area contributed by atoms with Crippen LogP contribution in [-0.4, -0.2) is 27.5 Å². The fraction of sp³-hybridized carbons (Fsp3) is 0.238. The third-order valence-corrected chi connectivity index (χ3v) is 4.54. The van der Waals surface area contributed by atoms with Gasteiger partial charge >= 0.3 is 5.97 Å². The normalized spacial score (nSPS) is 14.4. The lowest BCUT2D eigenvalue weighted by atomic mass is 10.1. The smallest absolute Gasteiger partial charge is 0.327 e. The number of hydrogen-bond donors (Lipinski definition) is 1. The number of nitrogens with zero attached hydrogens (tertiary/aromatic N) is 2. The third-order valence-electron chi connectivity index (χ3n) is 4.54. The van der Waals surface area contributed by atoms with Crippen LogP contribution in [0.25, 0.3) is 10.9 Å². The SMILES string of the molecule is O=C(Cn1cnc2ccccc2c1=O)O[C@@H](C(=O)NC1CC1)c1ccccc1. The molecule has 1 aromatic heterocycles. The molecule has 0 saturated heterocycles. The van der Waals surface area contributed by atoms with Gasteiger partial charge in [-0.3, -0.25) is 19.0 Å². The summed E-state index contributed by atoms with van der Waals surface area (Å²) >= 11 is 0. The van der Waals surface area contributed by atoms with Crippen LogP contribution in [0.5, 0.6) is 0 Å². The molecule has 4 rings (SSSR count). The fourth-order valence-electron chi connectivity index (χ4n) is 2.93. The zero-order chi connectivity index (χ0) is 19.5.